The standard InChI is InChI=1S/C11H9FN4OS/c12-9-2-1-7(3-8(9)4-13)6-18-11-16-15-10(5-14)17-11/h1-3H,5-6,14H2. The Kier molecular flexibility index (Phi) is 3.92. The van der Waals surface area contributed by atoms with Crippen molar-refractivity contribution in [2.45, 2.75) is 17.5 Å². The molecule has 0 saturated carbocycles. The fourth-order valence-corrected chi connectivity index (χ4v) is 2.00. The summed E-state index contributed by atoms with van der Waals surface area (Å²) in [6.45, 7) is 0.197. The number of nitriles is 1. The molecule has 0 fully saturated rings. The molecule has 92 valence electrons. The largest absolute Gasteiger partial charge is 0.415 e. The third-order valence-electron chi connectivity index (χ3n) is 2.14. The van der Waals surface area contributed by atoms with Gasteiger partial charge in [-0.25, -0.2) is 4.39 Å². The fourth-order valence-electron chi connectivity index (χ4n) is 1.27. The van der Waals surface area contributed by atoms with E-state index in [1.807, 2.05) is 0 Å². The minimum Gasteiger partial charge on any atom is -0.415 e. The molecule has 7 heteroatoms. The number of thioether (sulfide) groups is 1. The maximum Gasteiger partial charge on any atom is 0.276 e. The van der Waals surface area contributed by atoms with Gasteiger partial charge in [0.15, 0.2) is 0 Å². The van der Waals surface area contributed by atoms with Gasteiger partial charge in [0.25, 0.3) is 5.22 Å². The summed E-state index contributed by atoms with van der Waals surface area (Å²) in [5.41, 5.74) is 6.18. The number of rotatable bonds is 4. The molecule has 1 heterocycles. The van der Waals surface area contributed by atoms with Crippen molar-refractivity contribution in [1.29, 1.82) is 5.26 Å². The minimum atomic E-state index is -0.519. The van der Waals surface area contributed by atoms with Gasteiger partial charge in [-0.2, -0.15) is 5.26 Å². The molecule has 2 rings (SSSR count). The van der Waals surface area contributed by atoms with Gasteiger partial charge in [0.05, 0.1) is 12.1 Å². The van der Waals surface area contributed by atoms with Gasteiger partial charge in [-0.15, -0.1) is 10.2 Å². The van der Waals surface area contributed by atoms with E-state index in [2.05, 4.69) is 10.2 Å². The van der Waals surface area contributed by atoms with Crippen LogP contribution >= 0.6 is 11.8 Å². The number of nitrogens with two attached hydrogens (primary N) is 1. The molecule has 5 nitrogen and oxygen atoms in total. The van der Waals surface area contributed by atoms with Crippen molar-refractivity contribution in [3.8, 4) is 6.07 Å². The van der Waals surface area contributed by atoms with Gasteiger partial charge < -0.3 is 10.2 Å². The molecular formula is C11H9FN4OS. The van der Waals surface area contributed by atoms with Crippen molar-refractivity contribution in [1.82, 2.24) is 10.2 Å². The second kappa shape index (κ2) is 5.62. The monoisotopic (exact) mass is 264 g/mol. The summed E-state index contributed by atoms with van der Waals surface area (Å²) < 4.78 is 18.3. The predicted octanol–water partition coefficient (Wildman–Crippen LogP) is 1.83. The molecule has 0 amide bonds. The Morgan fingerprint density at radius 1 is 1.44 bits per heavy atom. The van der Waals surface area contributed by atoms with Gasteiger partial charge in [-0.1, -0.05) is 17.8 Å². The first-order valence-electron chi connectivity index (χ1n) is 5.06. The van der Waals surface area contributed by atoms with Crippen LogP contribution in [0.3, 0.4) is 0 Å². The maximum atomic E-state index is 13.1. The molecule has 1 aromatic carbocycles. The zero-order chi connectivity index (χ0) is 13.0. The van der Waals surface area contributed by atoms with Crippen molar-refractivity contribution in [2.24, 2.45) is 5.73 Å². The van der Waals surface area contributed by atoms with E-state index in [1.54, 1.807) is 12.1 Å². The van der Waals surface area contributed by atoms with E-state index < -0.39 is 5.82 Å². The molecule has 0 bridgehead atoms. The van der Waals surface area contributed by atoms with Gasteiger partial charge in [0.2, 0.25) is 5.89 Å². The zero-order valence-electron chi connectivity index (χ0n) is 9.26. The van der Waals surface area contributed by atoms with Crippen molar-refractivity contribution in [3.63, 3.8) is 0 Å². The van der Waals surface area contributed by atoms with Crippen LogP contribution in [0.15, 0.2) is 27.8 Å². The van der Waals surface area contributed by atoms with Crippen LogP contribution in [-0.4, -0.2) is 10.2 Å². The Hall–Kier alpha value is -1.91. The van der Waals surface area contributed by atoms with Gasteiger partial charge >= 0.3 is 0 Å². The second-order valence-electron chi connectivity index (χ2n) is 3.38. The van der Waals surface area contributed by atoms with Gasteiger partial charge in [0.1, 0.15) is 11.9 Å². The lowest BCUT2D eigenvalue weighted by Crippen LogP contribution is -1.95. The highest BCUT2D eigenvalue weighted by molar-refractivity contribution is 7.98. The van der Waals surface area contributed by atoms with Crippen LogP contribution in [0.4, 0.5) is 4.39 Å². The number of benzene rings is 1. The molecule has 0 aliphatic rings. The molecule has 1 aromatic heterocycles. The lowest BCUT2D eigenvalue weighted by Gasteiger charge is -1.99. The Balaban J connectivity index is 2.04. The molecule has 2 N–H and O–H groups in total. The van der Waals surface area contributed by atoms with Gasteiger partial charge in [0, 0.05) is 5.75 Å². The Labute approximate surface area is 107 Å². The van der Waals surface area contributed by atoms with Crippen LogP contribution in [-0.2, 0) is 12.3 Å². The van der Waals surface area contributed by atoms with E-state index in [4.69, 9.17) is 15.4 Å². The molecule has 2 aromatic rings. The summed E-state index contributed by atoms with van der Waals surface area (Å²) in [6, 6.07) is 6.18. The van der Waals surface area contributed by atoms with E-state index in [0.29, 0.717) is 16.9 Å². The molecule has 18 heavy (non-hydrogen) atoms. The van der Waals surface area contributed by atoms with Crippen molar-refractivity contribution in [2.75, 3.05) is 0 Å². The first kappa shape index (κ1) is 12.5. The van der Waals surface area contributed by atoms with E-state index in [9.17, 15) is 4.39 Å². The molecule has 0 spiro atoms. The topological polar surface area (TPSA) is 88.7 Å². The molecule has 0 saturated heterocycles. The third kappa shape index (κ3) is 2.85. The van der Waals surface area contributed by atoms with E-state index in [0.717, 1.165) is 5.56 Å². The Morgan fingerprint density at radius 2 is 2.28 bits per heavy atom. The summed E-state index contributed by atoms with van der Waals surface area (Å²) in [6.07, 6.45) is 0. The van der Waals surface area contributed by atoms with Crippen molar-refractivity contribution in [3.05, 3.63) is 41.0 Å². The molecular weight excluding hydrogens is 255 g/mol. The van der Waals surface area contributed by atoms with Crippen LogP contribution in [0.25, 0.3) is 0 Å². The predicted molar refractivity (Wildman–Crippen MR) is 62.9 cm³/mol. The average molecular weight is 264 g/mol. The first-order chi connectivity index (χ1) is 8.72. The van der Waals surface area contributed by atoms with Crippen LogP contribution in [0.1, 0.15) is 17.0 Å². The van der Waals surface area contributed by atoms with E-state index in [-0.39, 0.29) is 12.1 Å². The SMILES string of the molecule is N#Cc1cc(CSc2nnc(CN)o2)ccc1F. The summed E-state index contributed by atoms with van der Waals surface area (Å²) >= 11 is 1.31. The molecule has 0 aliphatic heterocycles. The molecule has 0 radical (unpaired) electrons. The number of nitrogens with zero attached hydrogens (tertiary/aromatic N) is 3. The smallest absolute Gasteiger partial charge is 0.276 e. The van der Waals surface area contributed by atoms with Crippen molar-refractivity contribution >= 4 is 11.8 Å². The van der Waals surface area contributed by atoms with Crippen LogP contribution in [0.5, 0.6) is 0 Å². The highest BCUT2D eigenvalue weighted by Crippen LogP contribution is 2.22. The Morgan fingerprint density at radius 3 is 2.94 bits per heavy atom. The number of aromatic nitrogens is 2. The third-order valence-corrected chi connectivity index (χ3v) is 3.03. The van der Waals surface area contributed by atoms with Crippen LogP contribution in [0, 0.1) is 17.1 Å². The van der Waals surface area contributed by atoms with Gasteiger partial charge in [-0.05, 0) is 17.7 Å². The Bertz CT molecular complexity index is 593. The van der Waals surface area contributed by atoms with Gasteiger partial charge in [-0.3, -0.25) is 0 Å². The maximum absolute atomic E-state index is 13.1. The number of halogens is 1. The van der Waals surface area contributed by atoms with Crippen molar-refractivity contribution < 1.29 is 8.81 Å². The fraction of sp³-hybridized carbons (Fsp3) is 0.182. The van der Waals surface area contributed by atoms with E-state index >= 15 is 0 Å². The van der Waals surface area contributed by atoms with E-state index in [1.165, 1.54) is 23.9 Å². The highest BCUT2D eigenvalue weighted by atomic mass is 32.2. The zero-order valence-corrected chi connectivity index (χ0v) is 10.1. The first-order valence-corrected chi connectivity index (χ1v) is 6.05. The second-order valence-corrected chi connectivity index (χ2v) is 4.31. The lowest BCUT2D eigenvalue weighted by molar-refractivity contribution is 0.415. The molecule has 0 aliphatic carbocycles. The lowest BCUT2D eigenvalue weighted by atomic mass is 10.1. The normalized spacial score (nSPS) is 10.3. The summed E-state index contributed by atoms with van der Waals surface area (Å²) in [5, 5.41) is 16.6. The number of hydrogen-bond acceptors (Lipinski definition) is 6. The van der Waals surface area contributed by atoms with Crippen LogP contribution < -0.4 is 5.73 Å². The minimum absolute atomic E-state index is 0.0290. The van der Waals surface area contributed by atoms with Crippen LogP contribution in [0.2, 0.25) is 0 Å². The summed E-state index contributed by atoms with van der Waals surface area (Å²) in [5.74, 6) is 0.366. The summed E-state index contributed by atoms with van der Waals surface area (Å²) in [7, 11) is 0. The summed E-state index contributed by atoms with van der Waals surface area (Å²) in [4.78, 5) is 0. The number of hydrogen-bond donors (Lipinski definition) is 1. The molecule has 0 atom stereocenters. The quantitative estimate of drug-likeness (QED) is 0.847. The highest BCUT2D eigenvalue weighted by Gasteiger charge is 2.07. The molecule has 0 unspecified atom stereocenters. The average Bonchev–Trinajstić information content (AvgIpc) is 2.86.